The summed E-state index contributed by atoms with van der Waals surface area (Å²) >= 11 is 0. The average molecular weight is 269 g/mol. The minimum absolute atomic E-state index is 0.761. The van der Waals surface area contributed by atoms with Crippen molar-refractivity contribution in [3.8, 4) is 0 Å². The highest BCUT2D eigenvalue weighted by Crippen LogP contribution is 2.19. The van der Waals surface area contributed by atoms with E-state index >= 15 is 0 Å². The lowest BCUT2D eigenvalue weighted by atomic mass is 10.1. The predicted octanol–water partition coefficient (Wildman–Crippen LogP) is 3.11. The summed E-state index contributed by atoms with van der Waals surface area (Å²) in [6, 6.07) is 9.59. The number of rotatable bonds is 5. The van der Waals surface area contributed by atoms with E-state index in [0.717, 1.165) is 24.8 Å². The van der Waals surface area contributed by atoms with Crippen LogP contribution < -0.4 is 5.32 Å². The second kappa shape index (κ2) is 5.41. The molecule has 1 fully saturated rings. The fourth-order valence-corrected chi connectivity index (χ4v) is 2.50. The summed E-state index contributed by atoms with van der Waals surface area (Å²) in [5, 5.41) is 8.19. The lowest BCUT2D eigenvalue weighted by molar-refractivity contribution is 0.654. The van der Waals surface area contributed by atoms with Crippen molar-refractivity contribution in [2.24, 2.45) is 0 Å². The predicted molar refractivity (Wildman–Crippen MR) is 81.8 cm³/mol. The van der Waals surface area contributed by atoms with Crippen LogP contribution in [0.4, 0.5) is 0 Å². The highest BCUT2D eigenvalue weighted by Gasteiger charge is 2.19. The van der Waals surface area contributed by atoms with Gasteiger partial charge in [0.15, 0.2) is 0 Å². The van der Waals surface area contributed by atoms with Crippen LogP contribution in [0.1, 0.15) is 40.9 Å². The zero-order valence-electron chi connectivity index (χ0n) is 12.6. The maximum atomic E-state index is 4.62. The van der Waals surface area contributed by atoms with Gasteiger partial charge >= 0.3 is 0 Å². The smallest absolute Gasteiger partial charge is 0.0662 e. The van der Waals surface area contributed by atoms with Crippen molar-refractivity contribution >= 4 is 0 Å². The molecule has 2 aromatic rings. The Bertz CT molecular complexity index is 609. The number of aromatic nitrogens is 2. The first-order valence-electron chi connectivity index (χ1n) is 7.45. The molecule has 20 heavy (non-hydrogen) atoms. The first-order chi connectivity index (χ1) is 9.63. The number of benzene rings is 1. The Morgan fingerprint density at radius 3 is 2.60 bits per heavy atom. The van der Waals surface area contributed by atoms with Gasteiger partial charge in [-0.25, -0.2) is 0 Å². The molecule has 0 radical (unpaired) electrons. The van der Waals surface area contributed by atoms with E-state index in [0.29, 0.717) is 0 Å². The normalized spacial score (nSPS) is 14.8. The number of nitrogens with one attached hydrogen (secondary N) is 1. The maximum Gasteiger partial charge on any atom is 0.0662 e. The molecular weight excluding hydrogens is 246 g/mol. The molecule has 0 bridgehead atoms. The Morgan fingerprint density at radius 1 is 1.20 bits per heavy atom. The van der Waals surface area contributed by atoms with Gasteiger partial charge in [-0.05, 0) is 50.3 Å². The van der Waals surface area contributed by atoms with Gasteiger partial charge in [0.2, 0.25) is 0 Å². The fourth-order valence-electron chi connectivity index (χ4n) is 2.50. The molecule has 1 aliphatic rings. The first-order valence-corrected chi connectivity index (χ1v) is 7.45. The molecule has 106 valence electrons. The molecular formula is C17H23N3. The van der Waals surface area contributed by atoms with E-state index in [1.165, 1.54) is 35.2 Å². The van der Waals surface area contributed by atoms with Crippen LogP contribution in [-0.4, -0.2) is 15.8 Å². The van der Waals surface area contributed by atoms with Crippen LogP contribution in [0.5, 0.6) is 0 Å². The number of nitrogens with zero attached hydrogens (tertiary/aromatic N) is 2. The number of hydrogen-bond donors (Lipinski definition) is 1. The molecule has 1 heterocycles. The number of hydrogen-bond acceptors (Lipinski definition) is 2. The van der Waals surface area contributed by atoms with Gasteiger partial charge in [0, 0.05) is 18.3 Å². The second-order valence-corrected chi connectivity index (χ2v) is 5.93. The van der Waals surface area contributed by atoms with Crippen LogP contribution in [0.25, 0.3) is 0 Å². The van der Waals surface area contributed by atoms with Crippen LogP contribution in [0.15, 0.2) is 24.3 Å². The third kappa shape index (κ3) is 2.93. The summed E-state index contributed by atoms with van der Waals surface area (Å²) in [6.45, 7) is 8.21. The summed E-state index contributed by atoms with van der Waals surface area (Å²) in [4.78, 5) is 0. The van der Waals surface area contributed by atoms with Gasteiger partial charge in [-0.2, -0.15) is 5.10 Å². The molecule has 0 amide bonds. The van der Waals surface area contributed by atoms with Crippen LogP contribution in [0.2, 0.25) is 0 Å². The van der Waals surface area contributed by atoms with Gasteiger partial charge in [-0.3, -0.25) is 4.68 Å². The van der Waals surface area contributed by atoms with Crippen molar-refractivity contribution in [1.29, 1.82) is 0 Å². The van der Waals surface area contributed by atoms with Gasteiger partial charge in [-0.15, -0.1) is 0 Å². The molecule has 1 N–H and O–H groups in total. The largest absolute Gasteiger partial charge is 0.310 e. The van der Waals surface area contributed by atoms with E-state index in [2.05, 4.69) is 60.1 Å². The molecule has 1 aromatic carbocycles. The molecule has 3 nitrogen and oxygen atoms in total. The number of aryl methyl sites for hydroxylation is 1. The van der Waals surface area contributed by atoms with E-state index in [1.807, 2.05) is 0 Å². The molecule has 0 unspecified atom stereocenters. The van der Waals surface area contributed by atoms with Gasteiger partial charge < -0.3 is 5.32 Å². The van der Waals surface area contributed by atoms with Gasteiger partial charge in [0.25, 0.3) is 0 Å². The fraction of sp³-hybridized carbons (Fsp3) is 0.471. The SMILES string of the molecule is Cc1nn(Cc2cccc(CNC3CC3)c2)c(C)c1C. The highest BCUT2D eigenvalue weighted by atomic mass is 15.3. The summed E-state index contributed by atoms with van der Waals surface area (Å²) in [5.41, 5.74) is 6.40. The molecule has 1 aromatic heterocycles. The Kier molecular flexibility index (Phi) is 3.62. The topological polar surface area (TPSA) is 29.9 Å². The zero-order valence-corrected chi connectivity index (χ0v) is 12.6. The second-order valence-electron chi connectivity index (χ2n) is 5.93. The Balaban J connectivity index is 1.72. The minimum Gasteiger partial charge on any atom is -0.310 e. The van der Waals surface area contributed by atoms with E-state index in [9.17, 15) is 0 Å². The van der Waals surface area contributed by atoms with Crippen LogP contribution in [0, 0.1) is 20.8 Å². The van der Waals surface area contributed by atoms with Crippen LogP contribution in [0.3, 0.4) is 0 Å². The quantitative estimate of drug-likeness (QED) is 0.904. The van der Waals surface area contributed by atoms with Crippen molar-refractivity contribution in [1.82, 2.24) is 15.1 Å². The van der Waals surface area contributed by atoms with Crippen LogP contribution >= 0.6 is 0 Å². The summed E-state index contributed by atoms with van der Waals surface area (Å²) < 4.78 is 2.11. The van der Waals surface area contributed by atoms with Crippen molar-refractivity contribution < 1.29 is 0 Å². The van der Waals surface area contributed by atoms with E-state index in [-0.39, 0.29) is 0 Å². The molecule has 0 atom stereocenters. The first kappa shape index (κ1) is 13.4. The lowest BCUT2D eigenvalue weighted by Crippen LogP contribution is -2.15. The average Bonchev–Trinajstić information content (AvgIpc) is 3.23. The molecule has 3 heteroatoms. The van der Waals surface area contributed by atoms with Crippen molar-refractivity contribution in [3.05, 3.63) is 52.3 Å². The lowest BCUT2D eigenvalue weighted by Gasteiger charge is -2.08. The van der Waals surface area contributed by atoms with Crippen molar-refractivity contribution in [2.45, 2.75) is 52.7 Å². The Morgan fingerprint density at radius 2 is 1.95 bits per heavy atom. The van der Waals surface area contributed by atoms with Gasteiger partial charge in [-0.1, -0.05) is 24.3 Å². The molecule has 3 rings (SSSR count). The van der Waals surface area contributed by atoms with E-state index in [4.69, 9.17) is 0 Å². The summed E-state index contributed by atoms with van der Waals surface area (Å²) in [7, 11) is 0. The van der Waals surface area contributed by atoms with Crippen molar-refractivity contribution in [3.63, 3.8) is 0 Å². The highest BCUT2D eigenvalue weighted by molar-refractivity contribution is 5.26. The maximum absolute atomic E-state index is 4.62. The summed E-state index contributed by atoms with van der Waals surface area (Å²) in [6.07, 6.45) is 2.68. The monoisotopic (exact) mass is 269 g/mol. The molecule has 1 saturated carbocycles. The molecule has 0 spiro atoms. The van der Waals surface area contributed by atoms with E-state index < -0.39 is 0 Å². The zero-order chi connectivity index (χ0) is 14.1. The molecule has 1 aliphatic carbocycles. The van der Waals surface area contributed by atoms with Gasteiger partial charge in [0.1, 0.15) is 0 Å². The Labute approximate surface area is 121 Å². The minimum atomic E-state index is 0.761. The molecule has 0 saturated heterocycles. The van der Waals surface area contributed by atoms with Crippen LogP contribution in [-0.2, 0) is 13.1 Å². The Hall–Kier alpha value is -1.61. The van der Waals surface area contributed by atoms with Gasteiger partial charge in [0.05, 0.1) is 12.2 Å². The van der Waals surface area contributed by atoms with E-state index in [1.54, 1.807) is 0 Å². The van der Waals surface area contributed by atoms with Crippen molar-refractivity contribution in [2.75, 3.05) is 0 Å². The standard InChI is InChI=1S/C17H23N3/c1-12-13(2)19-20(14(12)3)11-16-6-4-5-15(9-16)10-18-17-7-8-17/h4-6,9,17-18H,7-8,10-11H2,1-3H3. The third-order valence-corrected chi connectivity index (χ3v) is 4.24. The molecule has 0 aliphatic heterocycles. The summed E-state index contributed by atoms with van der Waals surface area (Å²) in [5.74, 6) is 0. The third-order valence-electron chi connectivity index (χ3n) is 4.24.